The third-order valence-electron chi connectivity index (χ3n) is 5.52. The van der Waals surface area contributed by atoms with Gasteiger partial charge >= 0.3 is 0 Å². The van der Waals surface area contributed by atoms with Crippen molar-refractivity contribution in [3.8, 4) is 6.07 Å². The van der Waals surface area contributed by atoms with Gasteiger partial charge in [-0.25, -0.2) is 0 Å². The van der Waals surface area contributed by atoms with Crippen molar-refractivity contribution in [2.24, 2.45) is 5.92 Å². The van der Waals surface area contributed by atoms with Crippen LogP contribution in [-0.4, -0.2) is 29.9 Å². The molecule has 0 radical (unpaired) electrons. The SMILES string of the molecule is CC1CCN(C(C)C(=O)Nc2sc3c(c2C#N)CCCCC3)CC1. The monoisotopic (exact) mass is 345 g/mol. The first-order chi connectivity index (χ1) is 11.6. The maximum absolute atomic E-state index is 12.7. The van der Waals surface area contributed by atoms with E-state index in [4.69, 9.17) is 0 Å². The van der Waals surface area contributed by atoms with E-state index < -0.39 is 0 Å². The molecule has 0 bridgehead atoms. The van der Waals surface area contributed by atoms with Crippen molar-refractivity contribution in [2.45, 2.75) is 64.8 Å². The van der Waals surface area contributed by atoms with Gasteiger partial charge in [-0.2, -0.15) is 5.26 Å². The van der Waals surface area contributed by atoms with Crippen LogP contribution in [0.2, 0.25) is 0 Å². The summed E-state index contributed by atoms with van der Waals surface area (Å²) < 4.78 is 0. The van der Waals surface area contributed by atoms with Gasteiger partial charge in [-0.1, -0.05) is 13.3 Å². The molecule has 24 heavy (non-hydrogen) atoms. The Kier molecular flexibility index (Phi) is 5.57. The van der Waals surface area contributed by atoms with Gasteiger partial charge in [0.25, 0.3) is 0 Å². The van der Waals surface area contributed by atoms with Gasteiger partial charge in [0.2, 0.25) is 5.91 Å². The van der Waals surface area contributed by atoms with Crippen LogP contribution in [0.5, 0.6) is 0 Å². The molecular weight excluding hydrogens is 318 g/mol. The normalized spacial score (nSPS) is 20.7. The van der Waals surface area contributed by atoms with Crippen LogP contribution in [0, 0.1) is 17.2 Å². The lowest BCUT2D eigenvalue weighted by Gasteiger charge is -2.34. The Morgan fingerprint density at radius 3 is 2.71 bits per heavy atom. The molecule has 5 heteroatoms. The zero-order valence-electron chi connectivity index (χ0n) is 14.7. The minimum absolute atomic E-state index is 0.0254. The highest BCUT2D eigenvalue weighted by Crippen LogP contribution is 2.37. The maximum atomic E-state index is 12.7. The maximum Gasteiger partial charge on any atom is 0.242 e. The van der Waals surface area contributed by atoms with E-state index in [1.807, 2.05) is 6.92 Å². The number of thiophene rings is 1. The number of amides is 1. The van der Waals surface area contributed by atoms with Gasteiger partial charge in [-0.05, 0) is 70.0 Å². The number of nitrogens with one attached hydrogen (secondary N) is 1. The van der Waals surface area contributed by atoms with Crippen molar-refractivity contribution in [3.05, 3.63) is 16.0 Å². The Balaban J connectivity index is 1.71. The molecule has 1 unspecified atom stereocenters. The van der Waals surface area contributed by atoms with Crippen LogP contribution >= 0.6 is 11.3 Å². The molecule has 0 spiro atoms. The second kappa shape index (κ2) is 7.67. The molecule has 130 valence electrons. The fourth-order valence-electron chi connectivity index (χ4n) is 3.75. The number of anilines is 1. The average molecular weight is 346 g/mol. The topological polar surface area (TPSA) is 56.1 Å². The van der Waals surface area contributed by atoms with Crippen LogP contribution in [0.1, 0.15) is 62.0 Å². The smallest absolute Gasteiger partial charge is 0.242 e. The van der Waals surface area contributed by atoms with Crippen LogP contribution in [0.15, 0.2) is 0 Å². The Labute approximate surface area is 148 Å². The van der Waals surface area contributed by atoms with E-state index in [1.54, 1.807) is 11.3 Å². The largest absolute Gasteiger partial charge is 0.315 e. The molecule has 1 aromatic rings. The van der Waals surface area contributed by atoms with Crippen LogP contribution in [0.25, 0.3) is 0 Å². The number of aryl methyl sites for hydroxylation is 1. The summed E-state index contributed by atoms with van der Waals surface area (Å²) in [6, 6.07) is 2.21. The van der Waals surface area contributed by atoms with Gasteiger partial charge < -0.3 is 5.32 Å². The molecule has 1 aromatic heterocycles. The van der Waals surface area contributed by atoms with E-state index in [1.165, 1.54) is 23.3 Å². The lowest BCUT2D eigenvalue weighted by atomic mass is 9.98. The lowest BCUT2D eigenvalue weighted by Crippen LogP contribution is -2.45. The van der Waals surface area contributed by atoms with Crippen LogP contribution in [0.4, 0.5) is 5.00 Å². The number of fused-ring (bicyclic) bond motifs is 1. The van der Waals surface area contributed by atoms with E-state index in [2.05, 4.69) is 23.2 Å². The summed E-state index contributed by atoms with van der Waals surface area (Å²) in [7, 11) is 0. The highest BCUT2D eigenvalue weighted by molar-refractivity contribution is 7.16. The molecule has 1 fully saturated rings. The Morgan fingerprint density at radius 2 is 2.00 bits per heavy atom. The first kappa shape index (κ1) is 17.4. The summed E-state index contributed by atoms with van der Waals surface area (Å²) in [6.07, 6.45) is 7.91. The number of piperidine rings is 1. The number of nitriles is 1. The quantitative estimate of drug-likeness (QED) is 0.844. The van der Waals surface area contributed by atoms with Crippen molar-refractivity contribution in [3.63, 3.8) is 0 Å². The number of nitrogens with zero attached hydrogens (tertiary/aromatic N) is 2. The fraction of sp³-hybridized carbons (Fsp3) is 0.684. The van der Waals surface area contributed by atoms with E-state index in [-0.39, 0.29) is 11.9 Å². The van der Waals surface area contributed by atoms with Gasteiger partial charge in [-0.3, -0.25) is 9.69 Å². The number of carbonyl (C=O) groups excluding carboxylic acids is 1. The number of hydrogen-bond acceptors (Lipinski definition) is 4. The van der Waals surface area contributed by atoms with Crippen LogP contribution in [-0.2, 0) is 17.6 Å². The number of hydrogen-bond donors (Lipinski definition) is 1. The van der Waals surface area contributed by atoms with Gasteiger partial charge in [0.05, 0.1) is 11.6 Å². The standard InChI is InChI=1S/C19H27N3OS/c1-13-8-10-22(11-9-13)14(2)18(23)21-19-16(12-20)15-6-4-3-5-7-17(15)24-19/h13-14H,3-11H2,1-2H3,(H,21,23). The summed E-state index contributed by atoms with van der Waals surface area (Å²) in [5.41, 5.74) is 1.90. The summed E-state index contributed by atoms with van der Waals surface area (Å²) in [5.74, 6) is 0.784. The second-order valence-corrected chi connectivity index (χ2v) is 8.37. The first-order valence-electron chi connectivity index (χ1n) is 9.19. The molecule has 0 aromatic carbocycles. The Bertz CT molecular complexity index is 638. The van der Waals surface area contributed by atoms with Crippen LogP contribution in [0.3, 0.4) is 0 Å². The minimum Gasteiger partial charge on any atom is -0.315 e. The molecule has 1 saturated heterocycles. The summed E-state index contributed by atoms with van der Waals surface area (Å²) in [4.78, 5) is 16.3. The summed E-state index contributed by atoms with van der Waals surface area (Å²) in [5, 5.41) is 13.4. The van der Waals surface area contributed by atoms with Crippen molar-refractivity contribution in [1.29, 1.82) is 5.26 Å². The molecule has 2 heterocycles. The molecular formula is C19H27N3OS. The van der Waals surface area contributed by atoms with Crippen molar-refractivity contribution < 1.29 is 4.79 Å². The first-order valence-corrected chi connectivity index (χ1v) is 10.0. The third-order valence-corrected chi connectivity index (χ3v) is 6.72. The lowest BCUT2D eigenvalue weighted by molar-refractivity contribution is -0.121. The minimum atomic E-state index is -0.133. The molecule has 1 amide bonds. The van der Waals surface area contributed by atoms with Crippen molar-refractivity contribution in [2.75, 3.05) is 18.4 Å². The number of carbonyl (C=O) groups is 1. The van der Waals surface area contributed by atoms with Crippen molar-refractivity contribution in [1.82, 2.24) is 4.90 Å². The average Bonchev–Trinajstić information content (AvgIpc) is 2.75. The van der Waals surface area contributed by atoms with E-state index in [0.717, 1.165) is 56.1 Å². The number of rotatable bonds is 3. The summed E-state index contributed by atoms with van der Waals surface area (Å²) >= 11 is 1.62. The van der Waals surface area contributed by atoms with Gasteiger partial charge in [-0.15, -0.1) is 11.3 Å². The molecule has 2 aliphatic rings. The van der Waals surface area contributed by atoms with Gasteiger partial charge in [0.15, 0.2) is 0 Å². The second-order valence-electron chi connectivity index (χ2n) is 7.26. The van der Waals surface area contributed by atoms with E-state index in [9.17, 15) is 10.1 Å². The number of likely N-dealkylation sites (tertiary alicyclic amines) is 1. The predicted octanol–water partition coefficient (Wildman–Crippen LogP) is 3.95. The Morgan fingerprint density at radius 1 is 1.29 bits per heavy atom. The van der Waals surface area contributed by atoms with Crippen LogP contribution < -0.4 is 5.32 Å². The molecule has 1 atom stereocenters. The highest BCUT2D eigenvalue weighted by Gasteiger charge is 2.27. The molecule has 4 nitrogen and oxygen atoms in total. The predicted molar refractivity (Wildman–Crippen MR) is 98.4 cm³/mol. The van der Waals surface area contributed by atoms with Gasteiger partial charge in [0.1, 0.15) is 11.1 Å². The molecule has 3 rings (SSSR count). The van der Waals surface area contributed by atoms with Gasteiger partial charge in [0, 0.05) is 4.88 Å². The summed E-state index contributed by atoms with van der Waals surface area (Å²) in [6.45, 7) is 6.24. The van der Waals surface area contributed by atoms with E-state index in [0.29, 0.717) is 5.56 Å². The highest BCUT2D eigenvalue weighted by atomic mass is 32.1. The zero-order valence-corrected chi connectivity index (χ0v) is 15.5. The Hall–Kier alpha value is -1.38. The fourth-order valence-corrected chi connectivity index (χ4v) is 4.99. The zero-order chi connectivity index (χ0) is 17.1. The molecule has 0 saturated carbocycles. The third kappa shape index (κ3) is 3.65. The van der Waals surface area contributed by atoms with E-state index >= 15 is 0 Å². The van der Waals surface area contributed by atoms with Crippen molar-refractivity contribution >= 4 is 22.2 Å². The molecule has 1 N–H and O–H groups in total. The molecule has 1 aliphatic carbocycles. The molecule has 1 aliphatic heterocycles.